The molecule has 0 amide bonds. The predicted octanol–water partition coefficient (Wildman–Crippen LogP) is 2.21. The molecule has 0 heterocycles. The van der Waals surface area contributed by atoms with Gasteiger partial charge in [-0.1, -0.05) is 36.8 Å². The molecule has 1 aromatic carbocycles. The van der Waals surface area contributed by atoms with Crippen molar-refractivity contribution < 1.29 is 8.42 Å². The number of nitriles is 1. The van der Waals surface area contributed by atoms with Crippen LogP contribution in [0.1, 0.15) is 24.5 Å². The molecule has 0 fully saturated rings. The molecule has 3 nitrogen and oxygen atoms in total. The van der Waals surface area contributed by atoms with Crippen molar-refractivity contribution in [2.24, 2.45) is 0 Å². The average Bonchev–Trinajstić information content (AvgIpc) is 2.18. The van der Waals surface area contributed by atoms with Gasteiger partial charge in [-0.3, -0.25) is 0 Å². The van der Waals surface area contributed by atoms with Crippen molar-refractivity contribution in [1.29, 1.82) is 5.26 Å². The van der Waals surface area contributed by atoms with E-state index in [1.54, 1.807) is 13.0 Å². The number of aryl methyl sites for hydroxylation is 1. The lowest BCUT2D eigenvalue weighted by atomic mass is 10.2. The standard InChI is InChI=1S/C12H15NO2S/c1-3-12(8-13)16(14,15)9-11-6-4-5-10(2)7-11/h4-7,12H,3,9H2,1-2H3. The molecule has 0 N–H and O–H groups in total. The highest BCUT2D eigenvalue weighted by molar-refractivity contribution is 7.91. The van der Waals surface area contributed by atoms with Crippen LogP contribution < -0.4 is 0 Å². The minimum absolute atomic E-state index is 0.0548. The molecular formula is C12H15NO2S. The Balaban J connectivity index is 2.94. The van der Waals surface area contributed by atoms with E-state index in [0.717, 1.165) is 11.1 Å². The van der Waals surface area contributed by atoms with E-state index in [9.17, 15) is 8.42 Å². The molecule has 1 aromatic rings. The van der Waals surface area contributed by atoms with Crippen LogP contribution in [0.3, 0.4) is 0 Å². The Morgan fingerprint density at radius 1 is 1.44 bits per heavy atom. The molecule has 0 aliphatic heterocycles. The third-order valence-electron chi connectivity index (χ3n) is 2.40. The topological polar surface area (TPSA) is 57.9 Å². The molecule has 0 bridgehead atoms. The van der Waals surface area contributed by atoms with Gasteiger partial charge in [-0.25, -0.2) is 8.42 Å². The van der Waals surface area contributed by atoms with Gasteiger partial charge in [-0.15, -0.1) is 0 Å². The first kappa shape index (κ1) is 12.7. The van der Waals surface area contributed by atoms with Gasteiger partial charge in [0.15, 0.2) is 9.84 Å². The molecule has 0 saturated carbocycles. The minimum Gasteiger partial charge on any atom is -0.227 e. The number of hydrogen-bond donors (Lipinski definition) is 0. The van der Waals surface area contributed by atoms with Gasteiger partial charge in [-0.05, 0) is 18.9 Å². The van der Waals surface area contributed by atoms with E-state index in [1.807, 2.05) is 31.2 Å². The summed E-state index contributed by atoms with van der Waals surface area (Å²) in [5.74, 6) is -0.0548. The van der Waals surface area contributed by atoms with Gasteiger partial charge in [0.25, 0.3) is 0 Å². The maximum atomic E-state index is 11.9. The lowest BCUT2D eigenvalue weighted by molar-refractivity contribution is 0.586. The summed E-state index contributed by atoms with van der Waals surface area (Å²) in [6.45, 7) is 3.62. The highest BCUT2D eigenvalue weighted by Crippen LogP contribution is 2.14. The van der Waals surface area contributed by atoms with Gasteiger partial charge >= 0.3 is 0 Å². The zero-order valence-corrected chi connectivity index (χ0v) is 10.3. The van der Waals surface area contributed by atoms with Crippen molar-refractivity contribution in [2.45, 2.75) is 31.3 Å². The van der Waals surface area contributed by atoms with Crippen molar-refractivity contribution in [3.05, 3.63) is 35.4 Å². The summed E-state index contributed by atoms with van der Waals surface area (Å²) in [5.41, 5.74) is 1.77. The quantitative estimate of drug-likeness (QED) is 0.806. The van der Waals surface area contributed by atoms with Crippen molar-refractivity contribution in [3.63, 3.8) is 0 Å². The summed E-state index contributed by atoms with van der Waals surface area (Å²) < 4.78 is 23.7. The average molecular weight is 237 g/mol. The Morgan fingerprint density at radius 2 is 2.12 bits per heavy atom. The van der Waals surface area contributed by atoms with Crippen LogP contribution in [0.15, 0.2) is 24.3 Å². The minimum atomic E-state index is -3.35. The normalized spacial score (nSPS) is 13.1. The maximum Gasteiger partial charge on any atom is 0.170 e. The smallest absolute Gasteiger partial charge is 0.170 e. The van der Waals surface area contributed by atoms with Gasteiger partial charge in [0.1, 0.15) is 5.25 Å². The summed E-state index contributed by atoms with van der Waals surface area (Å²) in [5, 5.41) is 7.87. The van der Waals surface area contributed by atoms with Crippen LogP contribution in [-0.2, 0) is 15.6 Å². The molecule has 16 heavy (non-hydrogen) atoms. The van der Waals surface area contributed by atoms with E-state index in [4.69, 9.17) is 5.26 Å². The lowest BCUT2D eigenvalue weighted by Gasteiger charge is -2.08. The van der Waals surface area contributed by atoms with E-state index >= 15 is 0 Å². The Hall–Kier alpha value is -1.34. The Bertz CT molecular complexity index is 500. The zero-order valence-electron chi connectivity index (χ0n) is 9.47. The highest BCUT2D eigenvalue weighted by Gasteiger charge is 2.23. The SMILES string of the molecule is CCC(C#N)S(=O)(=O)Cc1cccc(C)c1. The van der Waals surface area contributed by atoms with Gasteiger partial charge in [0.2, 0.25) is 0 Å². The van der Waals surface area contributed by atoms with Crippen LogP contribution in [0, 0.1) is 18.3 Å². The molecule has 0 aromatic heterocycles. The van der Waals surface area contributed by atoms with Crippen LogP contribution in [-0.4, -0.2) is 13.7 Å². The van der Waals surface area contributed by atoms with Crippen LogP contribution in [0.2, 0.25) is 0 Å². The molecule has 0 aliphatic rings. The summed E-state index contributed by atoms with van der Waals surface area (Å²) in [6, 6.07) is 9.19. The van der Waals surface area contributed by atoms with Crippen LogP contribution in [0.5, 0.6) is 0 Å². The second-order valence-corrected chi connectivity index (χ2v) is 6.01. The molecule has 1 unspecified atom stereocenters. The first-order valence-corrected chi connectivity index (χ1v) is 6.88. The number of sulfone groups is 1. The van der Waals surface area contributed by atoms with E-state index < -0.39 is 15.1 Å². The van der Waals surface area contributed by atoms with Crippen LogP contribution in [0.4, 0.5) is 0 Å². The second-order valence-electron chi connectivity index (χ2n) is 3.82. The fourth-order valence-corrected chi connectivity index (χ4v) is 3.07. The molecule has 1 rings (SSSR count). The highest BCUT2D eigenvalue weighted by atomic mass is 32.2. The predicted molar refractivity (Wildman–Crippen MR) is 63.5 cm³/mol. The van der Waals surface area contributed by atoms with E-state index in [0.29, 0.717) is 6.42 Å². The maximum absolute atomic E-state index is 11.9. The van der Waals surface area contributed by atoms with Gasteiger partial charge in [0.05, 0.1) is 11.8 Å². The fraction of sp³-hybridized carbons (Fsp3) is 0.417. The number of hydrogen-bond acceptors (Lipinski definition) is 3. The largest absolute Gasteiger partial charge is 0.227 e. The van der Waals surface area contributed by atoms with Crippen molar-refractivity contribution >= 4 is 9.84 Å². The molecule has 86 valence electrons. The molecular weight excluding hydrogens is 222 g/mol. The first-order chi connectivity index (χ1) is 7.49. The first-order valence-electron chi connectivity index (χ1n) is 5.16. The molecule has 0 radical (unpaired) electrons. The third kappa shape index (κ3) is 3.07. The Kier molecular flexibility index (Phi) is 4.08. The van der Waals surface area contributed by atoms with Gasteiger partial charge < -0.3 is 0 Å². The molecule has 0 aliphatic carbocycles. The summed E-state index contributed by atoms with van der Waals surface area (Å²) in [6.07, 6.45) is 0.338. The third-order valence-corrected chi connectivity index (χ3v) is 4.44. The number of benzene rings is 1. The van der Waals surface area contributed by atoms with E-state index in [-0.39, 0.29) is 5.75 Å². The fourth-order valence-electron chi connectivity index (χ4n) is 1.56. The van der Waals surface area contributed by atoms with E-state index in [2.05, 4.69) is 0 Å². The zero-order chi connectivity index (χ0) is 12.2. The monoisotopic (exact) mass is 237 g/mol. The van der Waals surface area contributed by atoms with Crippen molar-refractivity contribution in [1.82, 2.24) is 0 Å². The van der Waals surface area contributed by atoms with Crippen molar-refractivity contribution in [3.8, 4) is 6.07 Å². The molecule has 4 heteroatoms. The summed E-state index contributed by atoms with van der Waals surface area (Å²) >= 11 is 0. The summed E-state index contributed by atoms with van der Waals surface area (Å²) in [4.78, 5) is 0. The lowest BCUT2D eigenvalue weighted by Crippen LogP contribution is -2.20. The van der Waals surface area contributed by atoms with E-state index in [1.165, 1.54) is 0 Å². The summed E-state index contributed by atoms with van der Waals surface area (Å²) in [7, 11) is -3.35. The van der Waals surface area contributed by atoms with Crippen LogP contribution >= 0.6 is 0 Å². The second kappa shape index (κ2) is 5.13. The van der Waals surface area contributed by atoms with Crippen molar-refractivity contribution in [2.75, 3.05) is 0 Å². The molecule has 1 atom stereocenters. The number of rotatable bonds is 4. The van der Waals surface area contributed by atoms with Gasteiger partial charge in [-0.2, -0.15) is 5.26 Å². The Morgan fingerprint density at radius 3 is 2.62 bits per heavy atom. The van der Waals surface area contributed by atoms with Gasteiger partial charge in [0, 0.05) is 0 Å². The van der Waals surface area contributed by atoms with Crippen LogP contribution in [0.25, 0.3) is 0 Å². The Labute approximate surface area is 96.6 Å². The number of nitrogens with zero attached hydrogens (tertiary/aromatic N) is 1. The molecule has 0 spiro atoms. The molecule has 0 saturated heterocycles.